The highest BCUT2D eigenvalue weighted by atomic mass is 19.4. The average Bonchev–Trinajstić information content (AvgIpc) is 2.97. The zero-order chi connectivity index (χ0) is 13.3. The maximum atomic E-state index is 12.5. The first-order valence-electron chi connectivity index (χ1n) is 6.22. The van der Waals surface area contributed by atoms with E-state index in [0.29, 0.717) is 6.04 Å². The fourth-order valence-electron chi connectivity index (χ4n) is 1.78. The number of hydrogen-bond donors (Lipinski definition) is 1. The molecule has 1 fully saturated rings. The summed E-state index contributed by atoms with van der Waals surface area (Å²) >= 11 is 0. The second-order valence-corrected chi connectivity index (χ2v) is 5.11. The number of aromatic nitrogens is 2. The maximum Gasteiger partial charge on any atom is 0.419 e. The molecule has 1 N–H and O–H groups in total. The van der Waals surface area contributed by atoms with Crippen LogP contribution in [0.15, 0.2) is 12.4 Å². The Kier molecular flexibility index (Phi) is 3.66. The molecule has 0 aromatic carbocycles. The van der Waals surface area contributed by atoms with Crippen LogP contribution in [0.1, 0.15) is 38.3 Å². The van der Waals surface area contributed by atoms with Gasteiger partial charge in [-0.05, 0) is 32.2 Å². The highest BCUT2D eigenvalue weighted by Crippen LogP contribution is 2.30. The van der Waals surface area contributed by atoms with Gasteiger partial charge in [-0.25, -0.2) is 0 Å². The zero-order valence-electron chi connectivity index (χ0n) is 10.5. The van der Waals surface area contributed by atoms with E-state index in [9.17, 15) is 13.2 Å². The third-order valence-electron chi connectivity index (χ3n) is 3.48. The molecule has 1 saturated carbocycles. The molecule has 2 atom stereocenters. The Morgan fingerprint density at radius 2 is 2.11 bits per heavy atom. The lowest BCUT2D eigenvalue weighted by Gasteiger charge is -2.20. The van der Waals surface area contributed by atoms with Crippen molar-refractivity contribution in [1.29, 1.82) is 0 Å². The van der Waals surface area contributed by atoms with Crippen LogP contribution in [0, 0.1) is 5.92 Å². The van der Waals surface area contributed by atoms with Crippen LogP contribution in [0.25, 0.3) is 0 Å². The molecule has 1 heterocycles. The molecule has 102 valence electrons. The molecular formula is C12H18F3N3. The van der Waals surface area contributed by atoms with Gasteiger partial charge in [-0.1, -0.05) is 6.92 Å². The van der Waals surface area contributed by atoms with Gasteiger partial charge in [0.2, 0.25) is 0 Å². The summed E-state index contributed by atoms with van der Waals surface area (Å²) in [4.78, 5) is 0. The van der Waals surface area contributed by atoms with E-state index in [1.165, 1.54) is 17.5 Å². The van der Waals surface area contributed by atoms with E-state index in [1.54, 1.807) is 0 Å². The van der Waals surface area contributed by atoms with Crippen LogP contribution in [0.5, 0.6) is 0 Å². The molecule has 2 unspecified atom stereocenters. The van der Waals surface area contributed by atoms with Crippen LogP contribution < -0.4 is 5.32 Å². The monoisotopic (exact) mass is 261 g/mol. The fraction of sp³-hybridized carbons (Fsp3) is 0.750. The molecule has 0 radical (unpaired) electrons. The summed E-state index contributed by atoms with van der Waals surface area (Å²) in [6.07, 6.45) is 0.0749. The molecule has 0 amide bonds. The first kappa shape index (κ1) is 13.4. The van der Waals surface area contributed by atoms with E-state index in [-0.39, 0.29) is 12.0 Å². The maximum absolute atomic E-state index is 12.5. The van der Waals surface area contributed by atoms with Gasteiger partial charge in [-0.3, -0.25) is 4.68 Å². The average molecular weight is 261 g/mol. The molecule has 2 rings (SSSR count). The Labute approximate surface area is 104 Å². The smallest absolute Gasteiger partial charge is 0.314 e. The van der Waals surface area contributed by atoms with Gasteiger partial charge in [0.25, 0.3) is 0 Å². The van der Waals surface area contributed by atoms with E-state index in [1.807, 2.05) is 13.8 Å². The predicted octanol–water partition coefficient (Wildman–Crippen LogP) is 2.85. The predicted molar refractivity (Wildman–Crippen MR) is 62.1 cm³/mol. The molecule has 1 aromatic rings. The van der Waals surface area contributed by atoms with Gasteiger partial charge >= 0.3 is 6.18 Å². The summed E-state index contributed by atoms with van der Waals surface area (Å²) < 4.78 is 38.8. The Morgan fingerprint density at radius 3 is 2.61 bits per heavy atom. The molecule has 1 aliphatic carbocycles. The third kappa shape index (κ3) is 3.25. The van der Waals surface area contributed by atoms with E-state index in [4.69, 9.17) is 0 Å². The SMILES string of the molecule is CC(CNC1CC1)C(C)n1cc(C(F)(F)F)cn1. The summed E-state index contributed by atoms with van der Waals surface area (Å²) in [5.74, 6) is 0.242. The van der Waals surface area contributed by atoms with Crippen molar-refractivity contribution in [3.63, 3.8) is 0 Å². The molecule has 0 saturated heterocycles. The van der Waals surface area contributed by atoms with Crippen LogP contribution in [-0.4, -0.2) is 22.4 Å². The lowest BCUT2D eigenvalue weighted by atomic mass is 10.0. The van der Waals surface area contributed by atoms with Crippen molar-refractivity contribution in [1.82, 2.24) is 15.1 Å². The lowest BCUT2D eigenvalue weighted by Crippen LogP contribution is -2.28. The fourth-order valence-corrected chi connectivity index (χ4v) is 1.78. The summed E-state index contributed by atoms with van der Waals surface area (Å²) in [6, 6.07) is 0.565. The van der Waals surface area contributed by atoms with Gasteiger partial charge in [0.1, 0.15) is 0 Å². The van der Waals surface area contributed by atoms with E-state index < -0.39 is 11.7 Å². The van der Waals surface area contributed by atoms with Gasteiger partial charge < -0.3 is 5.32 Å². The lowest BCUT2D eigenvalue weighted by molar-refractivity contribution is -0.137. The minimum Gasteiger partial charge on any atom is -0.314 e. The van der Waals surface area contributed by atoms with Crippen LogP contribution in [0.4, 0.5) is 13.2 Å². The topological polar surface area (TPSA) is 29.9 Å². The third-order valence-corrected chi connectivity index (χ3v) is 3.48. The van der Waals surface area contributed by atoms with Crippen molar-refractivity contribution >= 4 is 0 Å². The largest absolute Gasteiger partial charge is 0.419 e. The Hall–Kier alpha value is -1.04. The van der Waals surface area contributed by atoms with Gasteiger partial charge in [0.15, 0.2) is 0 Å². The summed E-state index contributed by atoms with van der Waals surface area (Å²) in [5, 5.41) is 7.20. The molecule has 0 spiro atoms. The van der Waals surface area contributed by atoms with E-state index in [0.717, 1.165) is 18.9 Å². The molecule has 3 nitrogen and oxygen atoms in total. The van der Waals surface area contributed by atoms with Gasteiger partial charge in [-0.15, -0.1) is 0 Å². The number of halogens is 3. The van der Waals surface area contributed by atoms with E-state index in [2.05, 4.69) is 10.4 Å². The Bertz CT molecular complexity index is 396. The van der Waals surface area contributed by atoms with Crippen molar-refractivity contribution < 1.29 is 13.2 Å². The number of nitrogens with one attached hydrogen (secondary N) is 1. The standard InChI is InChI=1S/C12H18F3N3/c1-8(5-16-11-3-4-11)9(2)18-7-10(6-17-18)12(13,14)15/h6-9,11,16H,3-5H2,1-2H3. The highest BCUT2D eigenvalue weighted by Gasteiger charge is 2.33. The zero-order valence-corrected chi connectivity index (χ0v) is 10.5. The molecule has 18 heavy (non-hydrogen) atoms. The van der Waals surface area contributed by atoms with Crippen LogP contribution in [-0.2, 0) is 6.18 Å². The molecule has 1 aliphatic rings. The van der Waals surface area contributed by atoms with Gasteiger partial charge in [-0.2, -0.15) is 18.3 Å². The molecule has 0 aliphatic heterocycles. The molecule has 1 aromatic heterocycles. The highest BCUT2D eigenvalue weighted by molar-refractivity contribution is 5.08. The van der Waals surface area contributed by atoms with Gasteiger partial charge in [0, 0.05) is 12.2 Å². The molecule has 6 heteroatoms. The van der Waals surface area contributed by atoms with Crippen molar-refractivity contribution in [3.8, 4) is 0 Å². The summed E-state index contributed by atoms with van der Waals surface area (Å²) in [6.45, 7) is 4.73. The normalized spacial score (nSPS) is 19.8. The first-order valence-corrected chi connectivity index (χ1v) is 6.22. The van der Waals surface area contributed by atoms with Crippen molar-refractivity contribution in [3.05, 3.63) is 18.0 Å². The van der Waals surface area contributed by atoms with Crippen molar-refractivity contribution in [2.75, 3.05) is 6.54 Å². The van der Waals surface area contributed by atoms with Crippen molar-refractivity contribution in [2.45, 2.75) is 44.9 Å². The summed E-state index contributed by atoms with van der Waals surface area (Å²) in [7, 11) is 0. The van der Waals surface area contributed by atoms with Crippen LogP contribution >= 0.6 is 0 Å². The van der Waals surface area contributed by atoms with E-state index >= 15 is 0 Å². The molecular weight excluding hydrogens is 243 g/mol. The Morgan fingerprint density at radius 1 is 1.44 bits per heavy atom. The second kappa shape index (κ2) is 4.91. The minimum atomic E-state index is -4.31. The number of rotatable bonds is 5. The number of nitrogens with zero attached hydrogens (tertiary/aromatic N) is 2. The number of hydrogen-bond acceptors (Lipinski definition) is 2. The van der Waals surface area contributed by atoms with Gasteiger partial charge in [0.05, 0.1) is 17.8 Å². The first-order chi connectivity index (χ1) is 8.38. The van der Waals surface area contributed by atoms with Crippen LogP contribution in [0.3, 0.4) is 0 Å². The molecule has 0 bridgehead atoms. The van der Waals surface area contributed by atoms with Crippen LogP contribution in [0.2, 0.25) is 0 Å². The number of alkyl halides is 3. The second-order valence-electron chi connectivity index (χ2n) is 5.11. The summed E-state index contributed by atoms with van der Waals surface area (Å²) in [5.41, 5.74) is -0.684. The Balaban J connectivity index is 1.94. The minimum absolute atomic E-state index is 0.0488. The van der Waals surface area contributed by atoms with Crippen molar-refractivity contribution in [2.24, 2.45) is 5.92 Å². The quantitative estimate of drug-likeness (QED) is 0.883.